The highest BCUT2D eigenvalue weighted by molar-refractivity contribution is 4.78. The van der Waals surface area contributed by atoms with Gasteiger partial charge in [-0.1, -0.05) is 47.1 Å². The second-order valence-corrected chi connectivity index (χ2v) is 1.21. The van der Waals surface area contributed by atoms with Crippen molar-refractivity contribution in [3.8, 4) is 0 Å². The minimum absolute atomic E-state index is 0. The highest BCUT2D eigenvalue weighted by atomic mass is 16.0. The third-order valence-electron chi connectivity index (χ3n) is 0. The summed E-state index contributed by atoms with van der Waals surface area (Å²) in [5.74, 6) is 0. The van der Waals surface area contributed by atoms with Crippen LogP contribution in [0.3, 0.4) is 0 Å². The molecule has 0 unspecified atom stereocenters. The van der Waals surface area contributed by atoms with E-state index in [1.165, 1.54) is 5.57 Å². The number of hydrogen-bond donors (Lipinski definition) is 0. The zero-order valence-corrected chi connectivity index (χ0v) is 9.71. The average Bonchev–Trinajstić information content (AvgIpc) is 1.98. The van der Waals surface area contributed by atoms with Crippen LogP contribution < -0.4 is 0 Å². The van der Waals surface area contributed by atoms with Gasteiger partial charge in [0.2, 0.25) is 0 Å². The summed E-state index contributed by atoms with van der Waals surface area (Å²) in [6.07, 6.45) is 0. The van der Waals surface area contributed by atoms with E-state index in [1.54, 1.807) is 0 Å². The molecule has 0 saturated heterocycles. The molecule has 1 nitrogen and oxygen atoms in total. The Morgan fingerprint density at radius 1 is 0.727 bits per heavy atom. The van der Waals surface area contributed by atoms with Crippen LogP contribution in [0.25, 0.3) is 0 Å². The van der Waals surface area contributed by atoms with Crippen molar-refractivity contribution in [2.75, 3.05) is 0 Å². The normalized spacial score (nSPS) is 4.00. The molecular weight excluding hydrogens is 136 g/mol. The molecule has 0 aliphatic heterocycles. The van der Waals surface area contributed by atoms with Gasteiger partial charge in [-0.15, -0.1) is 6.58 Å². The Morgan fingerprint density at radius 2 is 0.727 bits per heavy atom. The summed E-state index contributed by atoms with van der Waals surface area (Å²) >= 11 is 0. The van der Waals surface area contributed by atoms with E-state index in [-0.39, 0.29) is 5.48 Å². The summed E-state index contributed by atoms with van der Waals surface area (Å²) in [5.41, 5.74) is 1.17. The molecule has 0 saturated carbocycles. The molecule has 0 aromatic carbocycles. The van der Waals surface area contributed by atoms with Crippen molar-refractivity contribution in [1.29, 1.82) is 0 Å². The lowest BCUT2D eigenvalue weighted by Gasteiger charge is -1.65. The Morgan fingerprint density at radius 3 is 0.727 bits per heavy atom. The van der Waals surface area contributed by atoms with E-state index in [0.717, 1.165) is 0 Å². The standard InChI is InChI=1S/C4H8.3C2H6.H2O/c1-4(2)3;3*1-2;/h1H2,2-3H3;3*1-2H3;1H2. The summed E-state index contributed by atoms with van der Waals surface area (Å²) in [6.45, 7) is 19.5. The lowest BCUT2D eigenvalue weighted by atomic mass is 10.4. The molecule has 2 N–H and O–H groups in total. The van der Waals surface area contributed by atoms with Gasteiger partial charge in [0.1, 0.15) is 0 Å². The molecule has 1 heteroatoms. The fourth-order valence-electron chi connectivity index (χ4n) is 0. The first-order chi connectivity index (χ1) is 4.73. The van der Waals surface area contributed by atoms with Crippen LogP contribution in [-0.2, 0) is 0 Å². The molecule has 0 fully saturated rings. The number of hydrogen-bond acceptors (Lipinski definition) is 0. The van der Waals surface area contributed by atoms with Gasteiger partial charge in [0, 0.05) is 0 Å². The van der Waals surface area contributed by atoms with E-state index >= 15 is 0 Å². The number of rotatable bonds is 0. The molecule has 0 rings (SSSR count). The van der Waals surface area contributed by atoms with E-state index in [0.29, 0.717) is 0 Å². The van der Waals surface area contributed by atoms with Crippen molar-refractivity contribution in [3.05, 3.63) is 12.2 Å². The quantitative estimate of drug-likeness (QED) is 0.487. The Kier molecular flexibility index (Phi) is 284. The van der Waals surface area contributed by atoms with Gasteiger partial charge >= 0.3 is 0 Å². The Bertz CT molecular complexity index is 27.9. The summed E-state index contributed by atoms with van der Waals surface area (Å²) < 4.78 is 0. The molecule has 0 aliphatic rings. The lowest BCUT2D eigenvalue weighted by molar-refractivity contribution is 0.824. The van der Waals surface area contributed by atoms with Crippen molar-refractivity contribution in [2.24, 2.45) is 0 Å². The maximum Gasteiger partial charge on any atom is -0.0445 e. The zero-order valence-electron chi connectivity index (χ0n) is 9.71. The molecule has 0 heterocycles. The van der Waals surface area contributed by atoms with Crippen LogP contribution in [0.15, 0.2) is 12.2 Å². The van der Waals surface area contributed by atoms with Gasteiger partial charge in [-0.05, 0) is 13.8 Å². The van der Waals surface area contributed by atoms with Crippen molar-refractivity contribution >= 4 is 0 Å². The predicted octanol–water partition coefficient (Wildman–Crippen LogP) is 3.84. The van der Waals surface area contributed by atoms with Crippen LogP contribution in [0.1, 0.15) is 55.4 Å². The van der Waals surface area contributed by atoms with Gasteiger partial charge in [-0.25, -0.2) is 0 Å². The maximum absolute atomic E-state index is 3.56. The number of allylic oxidation sites excluding steroid dienone is 1. The summed E-state index contributed by atoms with van der Waals surface area (Å²) in [6, 6.07) is 0. The molecular formula is C10H28O. The Hall–Kier alpha value is -0.300. The van der Waals surface area contributed by atoms with Gasteiger partial charge in [-0.3, -0.25) is 0 Å². The molecule has 74 valence electrons. The lowest BCUT2D eigenvalue weighted by Crippen LogP contribution is -1.43. The van der Waals surface area contributed by atoms with E-state index in [4.69, 9.17) is 0 Å². The van der Waals surface area contributed by atoms with Crippen LogP contribution >= 0.6 is 0 Å². The van der Waals surface area contributed by atoms with Crippen LogP contribution in [0.2, 0.25) is 0 Å². The first kappa shape index (κ1) is 31.0. The summed E-state index contributed by atoms with van der Waals surface area (Å²) in [4.78, 5) is 0. The van der Waals surface area contributed by atoms with E-state index in [9.17, 15) is 0 Å². The van der Waals surface area contributed by atoms with Crippen LogP contribution in [0.4, 0.5) is 0 Å². The van der Waals surface area contributed by atoms with Crippen LogP contribution in [0.5, 0.6) is 0 Å². The van der Waals surface area contributed by atoms with Crippen LogP contribution in [-0.4, -0.2) is 5.48 Å². The second-order valence-electron chi connectivity index (χ2n) is 1.21. The molecule has 0 aliphatic carbocycles. The van der Waals surface area contributed by atoms with Crippen molar-refractivity contribution in [2.45, 2.75) is 55.4 Å². The van der Waals surface area contributed by atoms with Crippen molar-refractivity contribution < 1.29 is 5.48 Å². The fourth-order valence-corrected chi connectivity index (χ4v) is 0. The average molecular weight is 164 g/mol. The van der Waals surface area contributed by atoms with E-state index in [1.807, 2.05) is 55.4 Å². The second kappa shape index (κ2) is 101. The molecule has 0 radical (unpaired) electrons. The highest BCUT2D eigenvalue weighted by Gasteiger charge is 1.51. The van der Waals surface area contributed by atoms with Gasteiger partial charge in [0.05, 0.1) is 0 Å². The van der Waals surface area contributed by atoms with E-state index < -0.39 is 0 Å². The molecule has 0 aromatic heterocycles. The van der Waals surface area contributed by atoms with E-state index in [2.05, 4.69) is 6.58 Å². The minimum atomic E-state index is 0. The molecule has 0 atom stereocenters. The van der Waals surface area contributed by atoms with Crippen LogP contribution in [0, 0.1) is 0 Å². The van der Waals surface area contributed by atoms with Crippen molar-refractivity contribution in [3.63, 3.8) is 0 Å². The highest BCUT2D eigenvalue weighted by Crippen LogP contribution is 1.73. The Balaban J connectivity index is -0.0000000152. The minimum Gasteiger partial charge on any atom is -0.412 e. The first-order valence-corrected chi connectivity index (χ1v) is 4.35. The Labute approximate surface area is 73.8 Å². The molecule has 0 aromatic rings. The first-order valence-electron chi connectivity index (χ1n) is 4.35. The molecule has 0 bridgehead atoms. The summed E-state index contributed by atoms with van der Waals surface area (Å²) in [7, 11) is 0. The predicted molar refractivity (Wildman–Crippen MR) is 58.1 cm³/mol. The fraction of sp³-hybridized carbons (Fsp3) is 0.800. The maximum atomic E-state index is 3.56. The molecule has 0 spiro atoms. The third kappa shape index (κ3) is 6390. The largest absolute Gasteiger partial charge is 0.412 e. The smallest absolute Gasteiger partial charge is 0.0445 e. The zero-order chi connectivity index (χ0) is 9.58. The molecule has 11 heavy (non-hydrogen) atoms. The SMILES string of the molecule is C=C(C)C.CC.CC.CC.O. The van der Waals surface area contributed by atoms with Gasteiger partial charge in [0.25, 0.3) is 0 Å². The molecule has 0 amide bonds. The van der Waals surface area contributed by atoms with Gasteiger partial charge < -0.3 is 5.48 Å². The van der Waals surface area contributed by atoms with Crippen molar-refractivity contribution in [1.82, 2.24) is 0 Å². The van der Waals surface area contributed by atoms with Gasteiger partial charge in [-0.2, -0.15) is 0 Å². The summed E-state index contributed by atoms with van der Waals surface area (Å²) in [5, 5.41) is 0. The third-order valence-corrected chi connectivity index (χ3v) is 0. The monoisotopic (exact) mass is 164 g/mol. The van der Waals surface area contributed by atoms with Gasteiger partial charge in [0.15, 0.2) is 0 Å². The topological polar surface area (TPSA) is 31.5 Å².